The van der Waals surface area contributed by atoms with E-state index in [2.05, 4.69) is 32.3 Å². The Morgan fingerprint density at radius 1 is 1.17 bits per heavy atom. The van der Waals surface area contributed by atoms with Gasteiger partial charge in [0, 0.05) is 16.1 Å². The maximum Gasteiger partial charge on any atom is 0.434 e. The Balaban J connectivity index is 2.69. The summed E-state index contributed by atoms with van der Waals surface area (Å²) >= 11 is 6.96. The van der Waals surface area contributed by atoms with Gasteiger partial charge in [0.25, 0.3) is 5.91 Å². The number of carbonyl (C=O) groups excluding carboxylic acids is 1. The second kappa shape index (κ2) is 10.0. The summed E-state index contributed by atoms with van der Waals surface area (Å²) in [5.74, 6) is -3.21. The highest BCUT2D eigenvalue weighted by atomic mass is 79.9. The Morgan fingerprint density at radius 3 is 2.23 bits per heavy atom. The van der Waals surface area contributed by atoms with E-state index in [1.807, 2.05) is 5.32 Å². The number of nitrogens with one attached hydrogen (secondary N) is 1. The van der Waals surface area contributed by atoms with Crippen molar-refractivity contribution < 1.29 is 54.3 Å². The van der Waals surface area contributed by atoms with E-state index < -0.39 is 73.1 Å². The molecule has 0 aliphatic rings. The summed E-state index contributed by atoms with van der Waals surface area (Å²) in [4.78, 5) is 22.9. The van der Waals surface area contributed by atoms with Crippen LogP contribution in [-0.2, 0) is 5.67 Å². The molecular weight excluding hydrogens is 592 g/mol. The Bertz CT molecular complexity index is 1130. The molecule has 2 rings (SSSR count). The van der Waals surface area contributed by atoms with Crippen molar-refractivity contribution in [3.8, 4) is 11.5 Å². The lowest BCUT2D eigenvalue weighted by Crippen LogP contribution is -2.49. The molecule has 0 fully saturated rings. The second-order valence-corrected chi connectivity index (χ2v) is 7.76. The molecule has 1 amide bonds. The van der Waals surface area contributed by atoms with E-state index in [4.69, 9.17) is 4.74 Å². The van der Waals surface area contributed by atoms with Crippen molar-refractivity contribution in [3.05, 3.63) is 56.0 Å². The molecule has 35 heavy (non-hydrogen) atoms. The number of hydrogen-bond acceptors (Lipinski definition) is 5. The third-order valence-corrected chi connectivity index (χ3v) is 5.21. The molecule has 0 spiro atoms. The lowest BCUT2D eigenvalue weighted by atomic mass is 9.94. The van der Waals surface area contributed by atoms with Crippen LogP contribution in [0.1, 0.15) is 15.9 Å². The Hall–Kier alpha value is -2.88. The van der Waals surface area contributed by atoms with E-state index in [-0.39, 0.29) is 12.1 Å². The number of halogens is 10. The number of benzene rings is 2. The first-order valence-electron chi connectivity index (χ1n) is 8.69. The molecule has 0 saturated heterocycles. The average molecular weight is 602 g/mol. The van der Waals surface area contributed by atoms with Crippen LogP contribution < -0.4 is 14.8 Å². The molecule has 0 heterocycles. The quantitative estimate of drug-likeness (QED) is 0.156. The molecular formula is C18H10BrClF8N2O5. The van der Waals surface area contributed by atoms with Gasteiger partial charge in [0.1, 0.15) is 0 Å². The summed E-state index contributed by atoms with van der Waals surface area (Å²) in [5, 5.41) is 7.46. The number of methoxy groups -OCH3 is 1. The number of nitrogens with zero attached hydrogens (tertiary/aromatic N) is 1. The van der Waals surface area contributed by atoms with Crippen LogP contribution in [0.25, 0.3) is 0 Å². The van der Waals surface area contributed by atoms with E-state index in [9.17, 15) is 50.0 Å². The number of rotatable bonds is 8. The van der Waals surface area contributed by atoms with Crippen molar-refractivity contribution in [2.24, 2.45) is 0 Å². The molecule has 0 aliphatic heterocycles. The van der Waals surface area contributed by atoms with Crippen molar-refractivity contribution in [2.45, 2.75) is 23.8 Å². The zero-order valence-electron chi connectivity index (χ0n) is 16.7. The standard InChI is InChI=1S/C18H10BrClF8N2O5/c1-34-13-8(3-2-4-10(13)30(32)33)14(31)29-12-9(19)5-7(6-11(12)35-15(21)22)16(23,17(20,24)25)18(26,27)28/h2-6,15H,1H3,(H,29,31). The summed E-state index contributed by atoms with van der Waals surface area (Å²) < 4.78 is 115. The molecule has 0 aliphatic carbocycles. The number of nitro benzene ring substituents is 1. The summed E-state index contributed by atoms with van der Waals surface area (Å²) in [5.41, 5.74) is -9.54. The first kappa shape index (κ1) is 28.4. The highest BCUT2D eigenvalue weighted by molar-refractivity contribution is 9.10. The van der Waals surface area contributed by atoms with Gasteiger partial charge in [0.05, 0.1) is 23.3 Å². The predicted octanol–water partition coefficient (Wildman–Crippen LogP) is 6.78. The zero-order chi connectivity index (χ0) is 26.9. The Labute approximate surface area is 203 Å². The molecule has 1 N–H and O–H groups in total. The van der Waals surface area contributed by atoms with Gasteiger partial charge in [-0.25, -0.2) is 4.39 Å². The Morgan fingerprint density at radius 2 is 1.77 bits per heavy atom. The van der Waals surface area contributed by atoms with Gasteiger partial charge in [-0.2, -0.15) is 30.7 Å². The molecule has 1 atom stereocenters. The normalized spacial score (nSPS) is 13.8. The van der Waals surface area contributed by atoms with Crippen molar-refractivity contribution in [1.82, 2.24) is 0 Å². The molecule has 2 aromatic rings. The number of ether oxygens (including phenoxy) is 2. The fourth-order valence-corrected chi connectivity index (χ4v) is 3.58. The summed E-state index contributed by atoms with van der Waals surface area (Å²) in [6.07, 6.45) is -6.32. The van der Waals surface area contributed by atoms with Gasteiger partial charge < -0.3 is 14.8 Å². The number of carbonyl (C=O) groups is 1. The van der Waals surface area contributed by atoms with E-state index in [1.165, 1.54) is 0 Å². The van der Waals surface area contributed by atoms with E-state index in [1.54, 1.807) is 0 Å². The summed E-state index contributed by atoms with van der Waals surface area (Å²) in [6, 6.07) is 3.01. The number of hydrogen-bond donors (Lipinski definition) is 1. The van der Waals surface area contributed by atoms with Crippen LogP contribution in [0.2, 0.25) is 0 Å². The number of nitro groups is 1. The van der Waals surface area contributed by atoms with E-state index in [0.717, 1.165) is 25.3 Å². The van der Waals surface area contributed by atoms with Crippen LogP contribution in [0.5, 0.6) is 11.5 Å². The maximum atomic E-state index is 14.7. The largest absolute Gasteiger partial charge is 0.490 e. The molecule has 0 bridgehead atoms. The third kappa shape index (κ3) is 5.52. The number of amides is 1. The van der Waals surface area contributed by atoms with Gasteiger partial charge in [0.2, 0.25) is 5.75 Å². The fraction of sp³-hybridized carbons (Fsp3) is 0.278. The van der Waals surface area contributed by atoms with Crippen LogP contribution >= 0.6 is 27.5 Å². The predicted molar refractivity (Wildman–Crippen MR) is 108 cm³/mol. The monoisotopic (exact) mass is 600 g/mol. The van der Waals surface area contributed by atoms with Gasteiger partial charge in [-0.3, -0.25) is 14.9 Å². The molecule has 7 nitrogen and oxygen atoms in total. The fourth-order valence-electron chi connectivity index (χ4n) is 2.82. The van der Waals surface area contributed by atoms with Gasteiger partial charge in [-0.05, 0) is 45.7 Å². The summed E-state index contributed by atoms with van der Waals surface area (Å²) in [7, 11) is 0.972. The second-order valence-electron chi connectivity index (χ2n) is 6.43. The minimum absolute atomic E-state index is 0.113. The molecule has 17 heteroatoms. The molecule has 0 radical (unpaired) electrons. The van der Waals surface area contributed by atoms with Crippen LogP contribution in [0.3, 0.4) is 0 Å². The molecule has 1 unspecified atom stereocenters. The van der Waals surface area contributed by atoms with Crippen molar-refractivity contribution >= 4 is 44.8 Å². The number of anilines is 1. The van der Waals surface area contributed by atoms with E-state index >= 15 is 0 Å². The van der Waals surface area contributed by atoms with Crippen LogP contribution in [0.4, 0.5) is 46.5 Å². The Kier molecular flexibility index (Phi) is 8.11. The molecule has 0 aromatic heterocycles. The SMILES string of the molecule is COc1c(C(=O)Nc2c(Br)cc(C(F)(C(F)(F)F)C(F)(F)Cl)cc2OC(F)F)cccc1[N+](=O)[O-]. The molecule has 192 valence electrons. The smallest absolute Gasteiger partial charge is 0.434 e. The maximum absolute atomic E-state index is 14.7. The third-order valence-electron chi connectivity index (χ3n) is 4.33. The number of para-hydroxylation sites is 1. The highest BCUT2D eigenvalue weighted by Gasteiger charge is 2.72. The first-order valence-corrected chi connectivity index (χ1v) is 9.86. The van der Waals surface area contributed by atoms with Gasteiger partial charge in [-0.15, -0.1) is 0 Å². The highest BCUT2D eigenvalue weighted by Crippen LogP contribution is 2.56. The molecule has 2 aromatic carbocycles. The lowest BCUT2D eigenvalue weighted by molar-refractivity contribution is -0.385. The van der Waals surface area contributed by atoms with Gasteiger partial charge in [0.15, 0.2) is 5.75 Å². The minimum Gasteiger partial charge on any atom is -0.490 e. The number of alkyl halides is 9. The van der Waals surface area contributed by atoms with Crippen molar-refractivity contribution in [1.29, 1.82) is 0 Å². The lowest BCUT2D eigenvalue weighted by Gasteiger charge is -2.32. The summed E-state index contributed by atoms with van der Waals surface area (Å²) in [6.45, 7) is -3.77. The zero-order valence-corrected chi connectivity index (χ0v) is 19.1. The minimum atomic E-state index is -6.32. The van der Waals surface area contributed by atoms with Crippen molar-refractivity contribution in [3.63, 3.8) is 0 Å². The van der Waals surface area contributed by atoms with Crippen LogP contribution in [0.15, 0.2) is 34.8 Å². The topological polar surface area (TPSA) is 90.7 Å². The average Bonchev–Trinajstić information content (AvgIpc) is 2.72. The first-order chi connectivity index (χ1) is 16.0. The molecule has 0 saturated carbocycles. The van der Waals surface area contributed by atoms with Crippen molar-refractivity contribution in [2.75, 3.05) is 12.4 Å². The van der Waals surface area contributed by atoms with Gasteiger partial charge in [-0.1, -0.05) is 6.07 Å². The van der Waals surface area contributed by atoms with E-state index in [0.29, 0.717) is 0 Å². The van der Waals surface area contributed by atoms with Crippen LogP contribution in [0, 0.1) is 10.1 Å². The van der Waals surface area contributed by atoms with Gasteiger partial charge >= 0.3 is 29.5 Å². The van der Waals surface area contributed by atoms with Crippen LogP contribution in [-0.4, -0.2) is 36.1 Å².